The van der Waals surface area contributed by atoms with E-state index in [1.54, 1.807) is 12.1 Å². The van der Waals surface area contributed by atoms with Crippen LogP contribution in [-0.4, -0.2) is 16.1 Å². The van der Waals surface area contributed by atoms with Crippen LogP contribution in [0.5, 0.6) is 10.9 Å². The summed E-state index contributed by atoms with van der Waals surface area (Å²) >= 11 is 4.47. The Morgan fingerprint density at radius 3 is 2.82 bits per heavy atom. The SMILES string of the molecule is CC(=O)Nc1ccccc1Oc1nnc(Br)s1. The Kier molecular flexibility index (Phi) is 3.70. The fraction of sp³-hybridized carbons (Fsp3) is 0.100. The number of hydrogen-bond donors (Lipinski definition) is 1. The summed E-state index contributed by atoms with van der Waals surface area (Å²) in [6, 6.07) is 7.14. The van der Waals surface area contributed by atoms with Crippen molar-refractivity contribution in [1.29, 1.82) is 0 Å². The molecule has 0 spiro atoms. The zero-order chi connectivity index (χ0) is 12.3. The molecule has 0 radical (unpaired) electrons. The van der Waals surface area contributed by atoms with Crippen molar-refractivity contribution in [3.63, 3.8) is 0 Å². The van der Waals surface area contributed by atoms with E-state index in [0.29, 0.717) is 20.5 Å². The predicted octanol–water partition coefficient (Wildman–Crippen LogP) is 3.05. The third kappa shape index (κ3) is 3.24. The van der Waals surface area contributed by atoms with Crippen LogP contribution in [0.3, 0.4) is 0 Å². The molecule has 0 fully saturated rings. The van der Waals surface area contributed by atoms with Gasteiger partial charge in [-0.15, -0.1) is 5.10 Å². The first-order chi connectivity index (χ1) is 8.15. The predicted molar refractivity (Wildman–Crippen MR) is 68.4 cm³/mol. The van der Waals surface area contributed by atoms with Crippen LogP contribution in [-0.2, 0) is 4.79 Å². The fourth-order valence-electron chi connectivity index (χ4n) is 1.18. The van der Waals surface area contributed by atoms with Crippen molar-refractivity contribution < 1.29 is 9.53 Å². The van der Waals surface area contributed by atoms with Crippen molar-refractivity contribution >= 4 is 38.9 Å². The summed E-state index contributed by atoms with van der Waals surface area (Å²) in [6.45, 7) is 1.44. The molecule has 1 aromatic carbocycles. The van der Waals surface area contributed by atoms with E-state index in [4.69, 9.17) is 4.74 Å². The number of carbonyl (C=O) groups excluding carboxylic acids is 1. The van der Waals surface area contributed by atoms with Crippen molar-refractivity contribution in [2.24, 2.45) is 0 Å². The van der Waals surface area contributed by atoms with Crippen molar-refractivity contribution in [1.82, 2.24) is 10.2 Å². The topological polar surface area (TPSA) is 64.1 Å². The molecule has 1 heterocycles. The van der Waals surface area contributed by atoms with Gasteiger partial charge in [0.15, 0.2) is 9.67 Å². The van der Waals surface area contributed by atoms with E-state index in [1.807, 2.05) is 12.1 Å². The summed E-state index contributed by atoms with van der Waals surface area (Å²) in [7, 11) is 0. The average Bonchev–Trinajstić information content (AvgIpc) is 2.66. The van der Waals surface area contributed by atoms with Crippen LogP contribution >= 0.6 is 27.3 Å². The molecular weight excluding hydrogens is 306 g/mol. The number of nitrogens with one attached hydrogen (secondary N) is 1. The molecule has 0 saturated heterocycles. The van der Waals surface area contributed by atoms with E-state index in [0.717, 1.165) is 0 Å². The molecule has 1 aromatic heterocycles. The second-order valence-electron chi connectivity index (χ2n) is 3.10. The van der Waals surface area contributed by atoms with Crippen LogP contribution < -0.4 is 10.1 Å². The number of nitrogens with zero attached hydrogens (tertiary/aromatic N) is 2. The standard InChI is InChI=1S/C10H8BrN3O2S/c1-6(15)12-7-4-2-3-5-8(7)16-10-14-13-9(11)17-10/h2-5H,1H3,(H,12,15). The Bertz CT molecular complexity index is 544. The highest BCUT2D eigenvalue weighted by molar-refractivity contribution is 9.11. The van der Waals surface area contributed by atoms with E-state index >= 15 is 0 Å². The smallest absolute Gasteiger partial charge is 0.300 e. The first-order valence-electron chi connectivity index (χ1n) is 4.68. The first kappa shape index (κ1) is 12.0. The van der Waals surface area contributed by atoms with Gasteiger partial charge in [-0.3, -0.25) is 4.79 Å². The molecule has 0 unspecified atom stereocenters. The van der Waals surface area contributed by atoms with E-state index in [1.165, 1.54) is 18.3 Å². The van der Waals surface area contributed by atoms with E-state index < -0.39 is 0 Å². The Balaban J connectivity index is 2.23. The second-order valence-corrected chi connectivity index (χ2v) is 5.32. The van der Waals surface area contributed by atoms with Crippen molar-refractivity contribution in [3.8, 4) is 10.9 Å². The zero-order valence-electron chi connectivity index (χ0n) is 8.81. The van der Waals surface area contributed by atoms with Crippen molar-refractivity contribution in [2.45, 2.75) is 6.92 Å². The highest BCUT2D eigenvalue weighted by atomic mass is 79.9. The lowest BCUT2D eigenvalue weighted by Gasteiger charge is -2.08. The van der Waals surface area contributed by atoms with Crippen LogP contribution in [0, 0.1) is 0 Å². The maximum atomic E-state index is 11.0. The quantitative estimate of drug-likeness (QED) is 0.946. The molecule has 1 amide bonds. The van der Waals surface area contributed by atoms with Gasteiger partial charge in [0.05, 0.1) is 5.69 Å². The lowest BCUT2D eigenvalue weighted by molar-refractivity contribution is -0.114. The Labute approximate surface area is 110 Å². The fourth-order valence-corrected chi connectivity index (χ4v) is 2.11. The number of ether oxygens (including phenoxy) is 1. The molecule has 17 heavy (non-hydrogen) atoms. The molecule has 0 saturated carbocycles. The summed E-state index contributed by atoms with van der Waals surface area (Å²) in [6.07, 6.45) is 0. The summed E-state index contributed by atoms with van der Waals surface area (Å²) in [5.41, 5.74) is 0.603. The van der Waals surface area contributed by atoms with Gasteiger partial charge < -0.3 is 10.1 Å². The van der Waals surface area contributed by atoms with Gasteiger partial charge in [-0.1, -0.05) is 17.2 Å². The van der Waals surface area contributed by atoms with Crippen LogP contribution in [0.1, 0.15) is 6.92 Å². The molecule has 1 N–H and O–H groups in total. The maximum absolute atomic E-state index is 11.0. The Hall–Kier alpha value is -1.47. The number of anilines is 1. The van der Waals surface area contributed by atoms with Gasteiger partial charge in [0.1, 0.15) is 0 Å². The third-order valence-corrected chi connectivity index (χ3v) is 3.01. The van der Waals surface area contributed by atoms with Gasteiger partial charge in [-0.25, -0.2) is 0 Å². The van der Waals surface area contributed by atoms with Crippen molar-refractivity contribution in [2.75, 3.05) is 5.32 Å². The molecule has 2 rings (SSSR count). The lowest BCUT2D eigenvalue weighted by Crippen LogP contribution is -2.06. The number of aromatic nitrogens is 2. The molecule has 0 atom stereocenters. The monoisotopic (exact) mass is 313 g/mol. The number of benzene rings is 1. The largest absolute Gasteiger partial charge is 0.428 e. The summed E-state index contributed by atoms with van der Waals surface area (Å²) in [5.74, 6) is 0.380. The number of rotatable bonds is 3. The summed E-state index contributed by atoms with van der Waals surface area (Å²) < 4.78 is 6.17. The molecule has 0 aliphatic rings. The minimum atomic E-state index is -0.153. The average molecular weight is 314 g/mol. The molecule has 0 aliphatic carbocycles. The van der Waals surface area contributed by atoms with Gasteiger partial charge in [0.25, 0.3) is 5.19 Å². The van der Waals surface area contributed by atoms with Gasteiger partial charge in [-0.2, -0.15) is 0 Å². The minimum absolute atomic E-state index is 0.153. The first-order valence-corrected chi connectivity index (χ1v) is 6.29. The highest BCUT2D eigenvalue weighted by Crippen LogP contribution is 2.32. The maximum Gasteiger partial charge on any atom is 0.300 e. The van der Waals surface area contributed by atoms with E-state index in [2.05, 4.69) is 31.4 Å². The Morgan fingerprint density at radius 2 is 2.18 bits per heavy atom. The number of halogens is 1. The summed E-state index contributed by atoms with van der Waals surface area (Å²) in [5, 5.41) is 10.7. The molecule has 5 nitrogen and oxygen atoms in total. The van der Waals surface area contributed by atoms with Gasteiger partial charge in [-0.05, 0) is 39.4 Å². The second kappa shape index (κ2) is 5.24. The van der Waals surface area contributed by atoms with Crippen LogP contribution in [0.2, 0.25) is 0 Å². The molecule has 7 heteroatoms. The van der Waals surface area contributed by atoms with E-state index in [-0.39, 0.29) is 5.91 Å². The van der Waals surface area contributed by atoms with E-state index in [9.17, 15) is 4.79 Å². The lowest BCUT2D eigenvalue weighted by atomic mass is 10.3. The van der Waals surface area contributed by atoms with Crippen LogP contribution in [0.15, 0.2) is 28.2 Å². The molecule has 88 valence electrons. The molecule has 0 aliphatic heterocycles. The molecular formula is C10H8BrN3O2S. The summed E-state index contributed by atoms with van der Waals surface area (Å²) in [4.78, 5) is 11.0. The Morgan fingerprint density at radius 1 is 1.41 bits per heavy atom. The number of amides is 1. The van der Waals surface area contributed by atoms with Crippen LogP contribution in [0.25, 0.3) is 0 Å². The highest BCUT2D eigenvalue weighted by Gasteiger charge is 2.08. The van der Waals surface area contributed by atoms with Crippen LogP contribution in [0.4, 0.5) is 5.69 Å². The normalized spacial score (nSPS) is 10.0. The molecule has 2 aromatic rings. The van der Waals surface area contributed by atoms with Gasteiger partial charge in [0, 0.05) is 6.92 Å². The zero-order valence-corrected chi connectivity index (χ0v) is 11.2. The number of hydrogen-bond acceptors (Lipinski definition) is 5. The number of para-hydroxylation sites is 2. The van der Waals surface area contributed by atoms with Crippen molar-refractivity contribution in [3.05, 3.63) is 28.2 Å². The molecule has 0 bridgehead atoms. The third-order valence-electron chi connectivity index (χ3n) is 1.78. The van der Waals surface area contributed by atoms with Gasteiger partial charge in [0.2, 0.25) is 5.91 Å². The minimum Gasteiger partial charge on any atom is -0.428 e. The number of carbonyl (C=O) groups is 1. The van der Waals surface area contributed by atoms with Gasteiger partial charge >= 0.3 is 0 Å².